The third kappa shape index (κ3) is 9.91. The van der Waals surface area contributed by atoms with E-state index in [0.717, 1.165) is 47.3 Å². The SMILES string of the molecule is CN(C)S(=O)(=O)c1ccc(CCNC(=O)Cc2ccc3c(c2)CN(Cc2ccccc2)CC(=O)NCCCCCO3)cc1. The number of carbonyl (C=O) groups excluding carboxylic acids is 2. The summed E-state index contributed by atoms with van der Waals surface area (Å²) in [5, 5.41) is 6.01. The summed E-state index contributed by atoms with van der Waals surface area (Å²) in [6.45, 7) is 3.08. The summed E-state index contributed by atoms with van der Waals surface area (Å²) in [6.07, 6.45) is 3.59. The van der Waals surface area contributed by atoms with Crippen LogP contribution in [0.5, 0.6) is 5.75 Å². The van der Waals surface area contributed by atoms with Crippen molar-refractivity contribution < 1.29 is 22.7 Å². The minimum absolute atomic E-state index is 0.00198. The number of nitrogens with zero attached hydrogens (tertiary/aromatic N) is 2. The Bertz CT molecular complexity index is 1460. The van der Waals surface area contributed by atoms with E-state index in [0.29, 0.717) is 39.2 Å². The lowest BCUT2D eigenvalue weighted by atomic mass is 10.1. The number of benzene rings is 3. The Kier molecular flexibility index (Phi) is 11.7. The van der Waals surface area contributed by atoms with E-state index < -0.39 is 10.0 Å². The normalized spacial score (nSPS) is 15.3. The van der Waals surface area contributed by atoms with Crippen molar-refractivity contribution >= 4 is 21.8 Å². The van der Waals surface area contributed by atoms with Gasteiger partial charge in [0.15, 0.2) is 0 Å². The monoisotopic (exact) mass is 606 g/mol. The van der Waals surface area contributed by atoms with Gasteiger partial charge >= 0.3 is 0 Å². The maximum absolute atomic E-state index is 12.8. The summed E-state index contributed by atoms with van der Waals surface area (Å²) in [5.74, 6) is 0.682. The first kappa shape index (κ1) is 32.2. The van der Waals surface area contributed by atoms with E-state index >= 15 is 0 Å². The minimum Gasteiger partial charge on any atom is -0.493 e. The standard InChI is InChI=1S/C33H42N4O5S/c1-36(2)43(40,41)30-14-11-26(12-15-30)17-19-35-32(38)22-28-13-16-31-29(21-28)24-37(23-27-9-5-3-6-10-27)25-33(39)34-18-7-4-8-20-42-31/h3,5-6,9-16,21H,4,7-8,17-20,22-25H2,1-2H3,(H,34,39)(H,35,38). The number of carbonyl (C=O) groups is 2. The number of rotatable bonds is 9. The highest BCUT2D eigenvalue weighted by molar-refractivity contribution is 7.89. The third-order valence-corrected chi connectivity index (χ3v) is 9.17. The van der Waals surface area contributed by atoms with Crippen LogP contribution in [0.15, 0.2) is 77.7 Å². The molecule has 0 aliphatic carbocycles. The van der Waals surface area contributed by atoms with Gasteiger partial charge in [0, 0.05) is 45.8 Å². The Morgan fingerprint density at radius 3 is 2.42 bits per heavy atom. The van der Waals surface area contributed by atoms with Gasteiger partial charge in [0.25, 0.3) is 0 Å². The molecule has 0 fully saturated rings. The number of hydrogen-bond donors (Lipinski definition) is 2. The van der Waals surface area contributed by atoms with Gasteiger partial charge in [-0.05, 0) is 60.6 Å². The zero-order chi connectivity index (χ0) is 30.7. The summed E-state index contributed by atoms with van der Waals surface area (Å²) in [6, 6.07) is 22.7. The van der Waals surface area contributed by atoms with Crippen LogP contribution < -0.4 is 15.4 Å². The molecule has 230 valence electrons. The van der Waals surface area contributed by atoms with Gasteiger partial charge in [-0.25, -0.2) is 12.7 Å². The molecular formula is C33H42N4O5S. The van der Waals surface area contributed by atoms with Crippen LogP contribution in [0.2, 0.25) is 0 Å². The van der Waals surface area contributed by atoms with Crippen molar-refractivity contribution in [2.75, 3.05) is 40.3 Å². The van der Waals surface area contributed by atoms with Crippen LogP contribution in [-0.2, 0) is 45.5 Å². The zero-order valence-corrected chi connectivity index (χ0v) is 25.9. The largest absolute Gasteiger partial charge is 0.493 e. The number of fused-ring (bicyclic) bond motifs is 1. The molecule has 0 spiro atoms. The average molecular weight is 607 g/mol. The predicted molar refractivity (Wildman–Crippen MR) is 167 cm³/mol. The summed E-state index contributed by atoms with van der Waals surface area (Å²) in [5.41, 5.74) is 3.87. The molecule has 3 aromatic rings. The summed E-state index contributed by atoms with van der Waals surface area (Å²) in [7, 11) is -0.467. The molecule has 43 heavy (non-hydrogen) atoms. The van der Waals surface area contributed by atoms with E-state index in [2.05, 4.69) is 27.7 Å². The van der Waals surface area contributed by atoms with E-state index in [9.17, 15) is 18.0 Å². The molecule has 9 nitrogen and oxygen atoms in total. The first-order valence-electron chi connectivity index (χ1n) is 14.8. The number of nitrogens with one attached hydrogen (secondary N) is 2. The van der Waals surface area contributed by atoms with Crippen molar-refractivity contribution in [2.45, 2.75) is 50.1 Å². The molecule has 3 aromatic carbocycles. The number of amides is 2. The lowest BCUT2D eigenvalue weighted by molar-refractivity contribution is -0.122. The molecule has 0 radical (unpaired) electrons. The molecular weight excluding hydrogens is 564 g/mol. The fourth-order valence-electron chi connectivity index (χ4n) is 4.96. The van der Waals surface area contributed by atoms with Gasteiger partial charge in [-0.2, -0.15) is 0 Å². The van der Waals surface area contributed by atoms with Crippen molar-refractivity contribution in [3.05, 3.63) is 95.1 Å². The molecule has 1 aliphatic heterocycles. The molecule has 0 saturated carbocycles. The van der Waals surface area contributed by atoms with Gasteiger partial charge in [0.05, 0.1) is 24.5 Å². The van der Waals surface area contributed by atoms with Gasteiger partial charge in [-0.15, -0.1) is 0 Å². The molecule has 4 rings (SSSR count). The highest BCUT2D eigenvalue weighted by Crippen LogP contribution is 2.24. The molecule has 1 aliphatic rings. The molecule has 0 bridgehead atoms. The Morgan fingerprint density at radius 2 is 1.67 bits per heavy atom. The van der Waals surface area contributed by atoms with Crippen LogP contribution >= 0.6 is 0 Å². The Labute approximate surface area is 255 Å². The molecule has 2 amide bonds. The zero-order valence-electron chi connectivity index (χ0n) is 25.1. The second-order valence-electron chi connectivity index (χ2n) is 11.0. The van der Waals surface area contributed by atoms with Gasteiger partial charge < -0.3 is 15.4 Å². The second kappa shape index (κ2) is 15.7. The Balaban J connectivity index is 1.41. The number of hydrogen-bond acceptors (Lipinski definition) is 6. The van der Waals surface area contributed by atoms with E-state index in [1.165, 1.54) is 18.4 Å². The van der Waals surface area contributed by atoms with Crippen LogP contribution in [0.3, 0.4) is 0 Å². The maximum atomic E-state index is 12.8. The summed E-state index contributed by atoms with van der Waals surface area (Å²) in [4.78, 5) is 27.9. The lowest BCUT2D eigenvalue weighted by Gasteiger charge is -2.23. The van der Waals surface area contributed by atoms with Crippen molar-refractivity contribution in [3.63, 3.8) is 0 Å². The van der Waals surface area contributed by atoms with Crippen molar-refractivity contribution in [1.82, 2.24) is 19.8 Å². The van der Waals surface area contributed by atoms with E-state index in [1.54, 1.807) is 24.3 Å². The van der Waals surface area contributed by atoms with Crippen molar-refractivity contribution in [1.29, 1.82) is 0 Å². The molecule has 0 atom stereocenters. The molecule has 1 heterocycles. The lowest BCUT2D eigenvalue weighted by Crippen LogP contribution is -2.37. The fourth-order valence-corrected chi connectivity index (χ4v) is 5.86. The molecule has 0 unspecified atom stereocenters. The van der Waals surface area contributed by atoms with Crippen molar-refractivity contribution in [2.24, 2.45) is 0 Å². The van der Waals surface area contributed by atoms with Crippen LogP contribution in [0, 0.1) is 0 Å². The predicted octanol–water partition coefficient (Wildman–Crippen LogP) is 3.52. The van der Waals surface area contributed by atoms with Crippen LogP contribution in [-0.4, -0.2) is 69.8 Å². The number of ether oxygens (including phenoxy) is 1. The fraction of sp³-hybridized carbons (Fsp3) is 0.394. The average Bonchev–Trinajstić information content (AvgIpc) is 2.99. The van der Waals surface area contributed by atoms with Crippen LogP contribution in [0.1, 0.15) is 41.5 Å². The van der Waals surface area contributed by atoms with Crippen molar-refractivity contribution in [3.8, 4) is 5.75 Å². The first-order valence-corrected chi connectivity index (χ1v) is 16.2. The van der Waals surface area contributed by atoms with Crippen LogP contribution in [0.4, 0.5) is 0 Å². The highest BCUT2D eigenvalue weighted by Gasteiger charge is 2.18. The smallest absolute Gasteiger partial charge is 0.242 e. The summed E-state index contributed by atoms with van der Waals surface area (Å²) < 4.78 is 31.9. The third-order valence-electron chi connectivity index (χ3n) is 7.34. The summed E-state index contributed by atoms with van der Waals surface area (Å²) >= 11 is 0. The van der Waals surface area contributed by atoms with Gasteiger partial charge in [0.1, 0.15) is 5.75 Å². The Morgan fingerprint density at radius 1 is 0.930 bits per heavy atom. The van der Waals surface area contributed by atoms with Gasteiger partial charge in [-0.3, -0.25) is 14.5 Å². The van der Waals surface area contributed by atoms with Gasteiger partial charge in [-0.1, -0.05) is 54.6 Å². The van der Waals surface area contributed by atoms with E-state index in [-0.39, 0.29) is 29.7 Å². The quantitative estimate of drug-likeness (QED) is 0.386. The number of sulfonamides is 1. The molecule has 0 saturated heterocycles. The Hall–Kier alpha value is -3.73. The van der Waals surface area contributed by atoms with Gasteiger partial charge in [0.2, 0.25) is 21.8 Å². The molecule has 0 aromatic heterocycles. The highest BCUT2D eigenvalue weighted by atomic mass is 32.2. The van der Waals surface area contributed by atoms with E-state index in [4.69, 9.17) is 4.74 Å². The maximum Gasteiger partial charge on any atom is 0.242 e. The first-order chi connectivity index (χ1) is 20.7. The molecule has 10 heteroatoms. The minimum atomic E-state index is -3.47. The van der Waals surface area contributed by atoms with E-state index in [1.807, 2.05) is 36.4 Å². The van der Waals surface area contributed by atoms with Crippen LogP contribution in [0.25, 0.3) is 0 Å². The second-order valence-corrected chi connectivity index (χ2v) is 13.2. The molecule has 2 N–H and O–H groups in total. The topological polar surface area (TPSA) is 108 Å².